The number of carboxylic acids is 1. The van der Waals surface area contributed by atoms with Crippen molar-refractivity contribution in [3.05, 3.63) is 53.1 Å². The molecule has 1 saturated heterocycles. The second-order valence-electron chi connectivity index (χ2n) is 7.88. The van der Waals surface area contributed by atoms with Gasteiger partial charge in [0.2, 0.25) is 10.0 Å². The Kier molecular flexibility index (Phi) is 7.67. The van der Waals surface area contributed by atoms with E-state index in [4.69, 9.17) is 15.6 Å². The van der Waals surface area contributed by atoms with E-state index in [9.17, 15) is 22.8 Å². The van der Waals surface area contributed by atoms with Gasteiger partial charge in [-0.25, -0.2) is 13.2 Å². The van der Waals surface area contributed by atoms with Crippen molar-refractivity contribution in [3.8, 4) is 11.5 Å². The molecule has 0 bridgehead atoms. The molecule has 0 radical (unpaired) electrons. The summed E-state index contributed by atoms with van der Waals surface area (Å²) in [6.07, 6.45) is 0. The Bertz CT molecular complexity index is 1200. The van der Waals surface area contributed by atoms with Gasteiger partial charge in [-0.1, -0.05) is 6.07 Å². The molecule has 2 amide bonds. The van der Waals surface area contributed by atoms with Crippen molar-refractivity contribution in [3.63, 3.8) is 0 Å². The maximum atomic E-state index is 13.4. The quantitative estimate of drug-likeness (QED) is 0.400. The molecule has 3 rings (SSSR count). The van der Waals surface area contributed by atoms with Crippen LogP contribution in [-0.4, -0.2) is 67.8 Å². The summed E-state index contributed by atoms with van der Waals surface area (Å²) in [5, 5.41) is 13.8. The first-order valence-corrected chi connectivity index (χ1v) is 11.9. The predicted molar refractivity (Wildman–Crippen MR) is 122 cm³/mol. The lowest BCUT2D eigenvalue weighted by Gasteiger charge is -2.27. The highest BCUT2D eigenvalue weighted by Gasteiger charge is 2.31. The molecule has 0 saturated carbocycles. The minimum Gasteiger partial charge on any atom is -0.480 e. The molecule has 0 aliphatic carbocycles. The SMILES string of the molecule is Cc1cc(C)cc(Oc2ccc(C(=O)NC(=O)[C@@H](N)C(=O)O)cc2S(=O)(=O)N2CCNCC2)c1. The van der Waals surface area contributed by atoms with E-state index in [1.165, 1.54) is 16.4 Å². The number of rotatable bonds is 7. The standard InChI is InChI=1S/C22H26N4O7S/c1-13-9-14(2)11-16(10-13)33-17-4-3-15(20(27)25-21(28)19(23)22(29)30)12-18(17)34(31,32)26-7-5-24-6-8-26/h3-4,9-12,19,24H,5-8,23H2,1-2H3,(H,29,30)(H,25,27,28)/t19-/m1/s1. The number of aliphatic carboxylic acids is 1. The molecule has 2 aromatic rings. The van der Waals surface area contributed by atoms with Crippen LogP contribution >= 0.6 is 0 Å². The fourth-order valence-corrected chi connectivity index (χ4v) is 5.03. The minimum atomic E-state index is -4.06. The fourth-order valence-electron chi connectivity index (χ4n) is 3.45. The third-order valence-corrected chi connectivity index (χ3v) is 7.03. The highest BCUT2D eigenvalue weighted by molar-refractivity contribution is 7.89. The molecule has 34 heavy (non-hydrogen) atoms. The first-order valence-electron chi connectivity index (χ1n) is 10.4. The summed E-state index contributed by atoms with van der Waals surface area (Å²) in [5.74, 6) is -3.39. The number of carbonyl (C=O) groups is 3. The van der Waals surface area contributed by atoms with Crippen molar-refractivity contribution in [2.45, 2.75) is 24.8 Å². The normalized spacial score (nSPS) is 15.4. The molecule has 11 nitrogen and oxygen atoms in total. The van der Waals surface area contributed by atoms with E-state index in [0.717, 1.165) is 17.2 Å². The average Bonchev–Trinajstić information content (AvgIpc) is 2.78. The molecule has 182 valence electrons. The zero-order valence-corrected chi connectivity index (χ0v) is 19.5. The van der Waals surface area contributed by atoms with Crippen LogP contribution in [0.25, 0.3) is 0 Å². The van der Waals surface area contributed by atoms with E-state index in [2.05, 4.69) is 5.32 Å². The van der Waals surface area contributed by atoms with Crippen LogP contribution in [0.4, 0.5) is 0 Å². The van der Waals surface area contributed by atoms with E-state index in [-0.39, 0.29) is 29.3 Å². The Morgan fingerprint density at radius 2 is 1.71 bits per heavy atom. The molecule has 1 atom stereocenters. The molecule has 5 N–H and O–H groups in total. The van der Waals surface area contributed by atoms with Gasteiger partial charge in [0, 0.05) is 31.7 Å². The van der Waals surface area contributed by atoms with Crippen LogP contribution in [0.5, 0.6) is 11.5 Å². The summed E-state index contributed by atoms with van der Waals surface area (Å²) in [6.45, 7) is 5.15. The second-order valence-corrected chi connectivity index (χ2v) is 9.78. The number of nitrogens with two attached hydrogens (primary N) is 1. The molecule has 1 heterocycles. The first kappa shape index (κ1) is 25.3. The van der Waals surface area contributed by atoms with Crippen LogP contribution in [0.3, 0.4) is 0 Å². The molecule has 12 heteroatoms. The molecule has 2 aromatic carbocycles. The summed E-state index contributed by atoms with van der Waals surface area (Å²) in [7, 11) is -4.06. The van der Waals surface area contributed by atoms with Gasteiger partial charge in [0.25, 0.3) is 11.8 Å². The number of hydrogen-bond acceptors (Lipinski definition) is 8. The van der Waals surface area contributed by atoms with E-state index in [0.29, 0.717) is 18.8 Å². The lowest BCUT2D eigenvalue weighted by Crippen LogP contribution is -2.48. The van der Waals surface area contributed by atoms with Crippen molar-refractivity contribution < 1.29 is 32.6 Å². The molecular formula is C22H26N4O7S. The van der Waals surface area contributed by atoms with Crippen molar-refractivity contribution in [2.24, 2.45) is 5.73 Å². The largest absolute Gasteiger partial charge is 0.480 e. The monoisotopic (exact) mass is 490 g/mol. The third kappa shape index (κ3) is 5.78. The third-order valence-electron chi connectivity index (χ3n) is 5.11. The van der Waals surface area contributed by atoms with Crippen LogP contribution < -0.4 is 21.1 Å². The topological polar surface area (TPSA) is 168 Å². The number of amides is 2. The average molecular weight is 491 g/mol. The molecular weight excluding hydrogens is 464 g/mol. The summed E-state index contributed by atoms with van der Waals surface area (Å²) >= 11 is 0. The van der Waals surface area contributed by atoms with Gasteiger partial charge in [-0.2, -0.15) is 4.31 Å². The highest BCUT2D eigenvalue weighted by Crippen LogP contribution is 2.33. The van der Waals surface area contributed by atoms with Crippen molar-refractivity contribution in [2.75, 3.05) is 26.2 Å². The lowest BCUT2D eigenvalue weighted by molar-refractivity contribution is -0.142. The van der Waals surface area contributed by atoms with Gasteiger partial charge >= 0.3 is 5.97 Å². The molecule has 0 unspecified atom stereocenters. The van der Waals surface area contributed by atoms with Gasteiger partial charge < -0.3 is 20.9 Å². The number of aryl methyl sites for hydroxylation is 2. The Hall–Kier alpha value is -3.32. The van der Waals surface area contributed by atoms with Crippen LogP contribution in [0, 0.1) is 13.8 Å². The number of hydrogen-bond donors (Lipinski definition) is 4. The van der Waals surface area contributed by atoms with Gasteiger partial charge in [-0.05, 0) is 55.3 Å². The number of imide groups is 1. The van der Waals surface area contributed by atoms with Crippen LogP contribution in [0.1, 0.15) is 21.5 Å². The Labute approximate surface area is 196 Å². The number of ether oxygens (including phenoxy) is 1. The minimum absolute atomic E-state index is 0.00801. The summed E-state index contributed by atoms with van der Waals surface area (Å²) in [5.41, 5.74) is 6.90. The van der Waals surface area contributed by atoms with Gasteiger partial charge in [0.05, 0.1) is 0 Å². The van der Waals surface area contributed by atoms with Gasteiger partial charge in [-0.15, -0.1) is 0 Å². The Morgan fingerprint density at radius 3 is 2.29 bits per heavy atom. The molecule has 1 aliphatic rings. The molecule has 1 fully saturated rings. The number of carboxylic acid groups (broad SMARTS) is 1. The van der Waals surface area contributed by atoms with E-state index in [1.54, 1.807) is 12.1 Å². The number of nitrogens with one attached hydrogen (secondary N) is 2. The van der Waals surface area contributed by atoms with Crippen LogP contribution in [0.15, 0.2) is 41.3 Å². The number of benzene rings is 2. The van der Waals surface area contributed by atoms with E-state index >= 15 is 0 Å². The second kappa shape index (κ2) is 10.3. The van der Waals surface area contributed by atoms with Crippen molar-refractivity contribution >= 4 is 27.8 Å². The first-order chi connectivity index (χ1) is 16.0. The Morgan fingerprint density at radius 1 is 1.09 bits per heavy atom. The number of carbonyl (C=O) groups excluding carboxylic acids is 2. The smallest absolute Gasteiger partial charge is 0.330 e. The zero-order valence-electron chi connectivity index (χ0n) is 18.7. The van der Waals surface area contributed by atoms with Crippen LogP contribution in [-0.2, 0) is 19.6 Å². The maximum absolute atomic E-state index is 13.4. The highest BCUT2D eigenvalue weighted by atomic mass is 32.2. The summed E-state index contributed by atoms with van der Waals surface area (Å²) in [6, 6.07) is 7.20. The Balaban J connectivity index is 2.01. The fraction of sp³-hybridized carbons (Fsp3) is 0.318. The van der Waals surface area contributed by atoms with Crippen LogP contribution in [0.2, 0.25) is 0 Å². The zero-order chi connectivity index (χ0) is 25.0. The maximum Gasteiger partial charge on any atom is 0.330 e. The predicted octanol–water partition coefficient (Wildman–Crippen LogP) is 0.358. The number of sulfonamides is 1. The number of piperazine rings is 1. The summed E-state index contributed by atoms with van der Waals surface area (Å²) in [4.78, 5) is 35.1. The van der Waals surface area contributed by atoms with E-state index < -0.39 is 33.8 Å². The lowest BCUT2D eigenvalue weighted by atomic mass is 10.1. The van der Waals surface area contributed by atoms with Crippen molar-refractivity contribution in [1.29, 1.82) is 0 Å². The van der Waals surface area contributed by atoms with Gasteiger partial charge in [0.15, 0.2) is 6.04 Å². The van der Waals surface area contributed by atoms with Gasteiger partial charge in [-0.3, -0.25) is 14.9 Å². The van der Waals surface area contributed by atoms with Gasteiger partial charge in [0.1, 0.15) is 16.4 Å². The van der Waals surface area contributed by atoms with E-state index in [1.807, 2.05) is 25.2 Å². The molecule has 1 aliphatic heterocycles. The molecule has 0 aromatic heterocycles. The van der Waals surface area contributed by atoms with Crippen molar-refractivity contribution in [1.82, 2.24) is 14.9 Å². The summed E-state index contributed by atoms with van der Waals surface area (Å²) < 4.78 is 34.1. The number of nitrogens with zero attached hydrogens (tertiary/aromatic N) is 1. The molecule has 0 spiro atoms.